The number of rotatable bonds is 29. The largest absolute Gasteiger partial charge is 0.0817 e. The third-order valence-electron chi connectivity index (χ3n) is 6.29. The van der Waals surface area contributed by atoms with Gasteiger partial charge in [-0.1, -0.05) is 177 Å². The van der Waals surface area contributed by atoms with Gasteiger partial charge in [0.15, 0.2) is 0 Å². The third kappa shape index (κ3) is 31.4. The fraction of sp³-hybridized carbons (Fsp3) is 1.00. The van der Waals surface area contributed by atoms with Gasteiger partial charge in [-0.25, -0.2) is 0 Å². The van der Waals surface area contributed by atoms with E-state index in [0.717, 1.165) is 0 Å². The molecule has 0 nitrogen and oxygen atoms in total. The predicted octanol–water partition coefficient (Wildman–Crippen LogP) is 13.1. The molecule has 0 saturated heterocycles. The molecule has 0 spiro atoms. The maximum absolute atomic E-state index is 2.30. The van der Waals surface area contributed by atoms with Crippen molar-refractivity contribution in [3.8, 4) is 0 Å². The van der Waals surface area contributed by atoms with Gasteiger partial charge in [-0.3, -0.25) is 0 Å². The van der Waals surface area contributed by atoms with E-state index in [0.29, 0.717) is 0 Å². The summed E-state index contributed by atoms with van der Waals surface area (Å²) in [5, 5.41) is 0. The molecule has 0 bridgehead atoms. The first-order valence-corrected chi connectivity index (χ1v) is 19.6. The van der Waals surface area contributed by atoms with Gasteiger partial charge in [-0.2, -0.15) is 0 Å². The third-order valence-corrected chi connectivity index (χ3v) is 12.9. The topological polar surface area (TPSA) is 0 Å². The van der Waals surface area contributed by atoms with E-state index in [4.69, 9.17) is 0 Å². The normalized spacial score (nSPS) is 11.4. The Hall–Kier alpha value is 1.40. The summed E-state index contributed by atoms with van der Waals surface area (Å²) in [6, 6.07) is 0. The van der Waals surface area contributed by atoms with E-state index in [1.165, 1.54) is 166 Å². The average Bonchev–Trinajstić information content (AvgIpc) is 2.81. The average molecular weight is 523 g/mol. The minimum Gasteiger partial charge on any atom is -0.0817 e. The zero-order chi connectivity index (χ0) is 23.2. The van der Waals surface area contributed by atoms with Gasteiger partial charge in [-0.15, -0.1) is 0 Å². The van der Waals surface area contributed by atoms with Gasteiger partial charge in [0.05, 0.1) is 0 Å². The van der Waals surface area contributed by atoms with E-state index < -0.39 is 0 Å². The van der Waals surface area contributed by atoms with Gasteiger partial charge in [0.1, 0.15) is 0 Å². The lowest BCUT2D eigenvalue weighted by Gasteiger charge is -2.04. The van der Waals surface area contributed by atoms with Gasteiger partial charge >= 0.3 is 0 Å². The molecule has 0 fully saturated rings. The van der Waals surface area contributed by atoms with Crippen LogP contribution in [-0.2, 0) is 0 Å². The lowest BCUT2D eigenvalue weighted by Crippen LogP contribution is -1.83. The molecule has 0 aliphatic heterocycles. The molecule has 0 saturated carbocycles. The number of unbranched alkanes of at least 4 members (excludes halogenated alkanes) is 22. The van der Waals surface area contributed by atoms with Crippen LogP contribution in [0.25, 0.3) is 0 Å². The van der Waals surface area contributed by atoms with Crippen molar-refractivity contribution in [2.24, 2.45) is 0 Å². The van der Waals surface area contributed by atoms with Crippen molar-refractivity contribution >= 4 is 41.2 Å². The van der Waals surface area contributed by atoms with E-state index >= 15 is 0 Å². The molecule has 194 valence electrons. The fourth-order valence-electron chi connectivity index (χ4n) is 4.11. The Morgan fingerprint density at radius 2 is 0.500 bits per heavy atom. The van der Waals surface area contributed by atoms with Crippen LogP contribution in [0.5, 0.6) is 0 Å². The Labute approximate surface area is 219 Å². The highest BCUT2D eigenvalue weighted by molar-refractivity contribution is 9.26. The highest BCUT2D eigenvalue weighted by Gasteiger charge is 1.97. The summed E-state index contributed by atoms with van der Waals surface area (Å²) in [6.45, 7) is 4.60. The Morgan fingerprint density at radius 3 is 0.750 bits per heavy atom. The summed E-state index contributed by atoms with van der Waals surface area (Å²) >= 11 is 0. The Morgan fingerprint density at radius 1 is 0.281 bits per heavy atom. The van der Waals surface area contributed by atoms with Crippen molar-refractivity contribution in [1.29, 1.82) is 0 Å². The molecule has 0 radical (unpaired) electrons. The Kier molecular flexibility index (Phi) is 33.8. The first kappa shape index (κ1) is 33.4. The second-order valence-electron chi connectivity index (χ2n) is 9.56. The van der Waals surface area contributed by atoms with Crippen LogP contribution in [-0.4, -0.2) is 11.5 Å². The number of hydrogen-bond donors (Lipinski definition) is 0. The van der Waals surface area contributed by atoms with Crippen LogP contribution in [0.1, 0.15) is 168 Å². The summed E-state index contributed by atoms with van der Waals surface area (Å²) in [5.74, 6) is 2.68. The van der Waals surface area contributed by atoms with Crippen molar-refractivity contribution in [1.82, 2.24) is 0 Å². The summed E-state index contributed by atoms with van der Waals surface area (Å²) in [7, 11) is 8.19. The second-order valence-corrected chi connectivity index (χ2v) is 15.8. The highest BCUT2D eigenvalue weighted by Crippen LogP contribution is 2.43. The summed E-state index contributed by atoms with van der Waals surface area (Å²) in [6.07, 6.45) is 34.9. The monoisotopic (exact) mass is 522 g/mol. The SMILES string of the molecule is CCCCCCCCCCCCCCSSSSCCCCCCCCCCCCCC. The van der Waals surface area contributed by atoms with Gasteiger partial charge in [0, 0.05) is 11.5 Å². The standard InChI is InChI=1S/C28H58S4/c1-3-5-7-9-11-13-15-17-19-21-23-25-27-29-31-32-30-28-26-24-22-20-18-16-14-12-10-8-6-4-2/h3-28H2,1-2H3. The molecule has 0 amide bonds. The van der Waals surface area contributed by atoms with Gasteiger partial charge in [-0.05, 0) is 32.5 Å². The Bertz CT molecular complexity index is 282. The van der Waals surface area contributed by atoms with E-state index in [1.54, 1.807) is 0 Å². The molecule has 0 atom stereocenters. The zero-order valence-corrected chi connectivity index (χ0v) is 25.3. The van der Waals surface area contributed by atoms with Crippen LogP contribution >= 0.6 is 41.2 Å². The molecule has 0 heterocycles. The smallest absolute Gasteiger partial charge is 0.00454 e. The van der Waals surface area contributed by atoms with Crippen LogP contribution < -0.4 is 0 Å². The molecule has 4 heteroatoms. The van der Waals surface area contributed by atoms with Crippen molar-refractivity contribution in [3.05, 3.63) is 0 Å². The van der Waals surface area contributed by atoms with Crippen LogP contribution in [0.3, 0.4) is 0 Å². The summed E-state index contributed by atoms with van der Waals surface area (Å²) < 4.78 is 0. The zero-order valence-electron chi connectivity index (χ0n) is 22.0. The van der Waals surface area contributed by atoms with Crippen molar-refractivity contribution < 1.29 is 0 Å². The quantitative estimate of drug-likeness (QED) is 0.0707. The second kappa shape index (κ2) is 32.4. The molecule has 32 heavy (non-hydrogen) atoms. The van der Waals surface area contributed by atoms with E-state index in [1.807, 2.05) is 19.7 Å². The molecule has 0 aromatic rings. The van der Waals surface area contributed by atoms with Gasteiger partial charge in [0.2, 0.25) is 0 Å². The highest BCUT2D eigenvalue weighted by atomic mass is 33.7. The van der Waals surface area contributed by atoms with Crippen LogP contribution in [0, 0.1) is 0 Å². The maximum Gasteiger partial charge on any atom is 0.00454 e. The number of hydrogen-bond acceptors (Lipinski definition) is 4. The molecule has 0 N–H and O–H groups in total. The summed E-state index contributed by atoms with van der Waals surface area (Å²) in [5.41, 5.74) is 0. The fourth-order valence-corrected chi connectivity index (χ4v) is 10.4. The summed E-state index contributed by atoms with van der Waals surface area (Å²) in [4.78, 5) is 0. The van der Waals surface area contributed by atoms with Gasteiger partial charge in [0.25, 0.3) is 0 Å². The molecule has 0 aromatic carbocycles. The van der Waals surface area contributed by atoms with E-state index in [9.17, 15) is 0 Å². The molecule has 0 aliphatic carbocycles. The molecular formula is C28H58S4. The van der Waals surface area contributed by atoms with Crippen LogP contribution in [0.4, 0.5) is 0 Å². The molecule has 0 rings (SSSR count). The minimum absolute atomic E-state index is 1.34. The van der Waals surface area contributed by atoms with Gasteiger partial charge < -0.3 is 0 Å². The van der Waals surface area contributed by atoms with E-state index in [2.05, 4.69) is 35.4 Å². The molecular weight excluding hydrogens is 465 g/mol. The van der Waals surface area contributed by atoms with Crippen molar-refractivity contribution in [2.45, 2.75) is 168 Å². The van der Waals surface area contributed by atoms with E-state index in [-0.39, 0.29) is 0 Å². The van der Waals surface area contributed by atoms with Crippen molar-refractivity contribution in [2.75, 3.05) is 11.5 Å². The first-order valence-electron chi connectivity index (χ1n) is 14.5. The minimum atomic E-state index is 1.34. The lowest BCUT2D eigenvalue weighted by molar-refractivity contribution is 0.548. The maximum atomic E-state index is 2.30. The first-order chi connectivity index (χ1) is 15.9. The van der Waals surface area contributed by atoms with Crippen molar-refractivity contribution in [3.63, 3.8) is 0 Å². The lowest BCUT2D eigenvalue weighted by atomic mass is 10.1. The molecule has 0 unspecified atom stereocenters. The Balaban J connectivity index is 2.98. The molecule has 0 aromatic heterocycles. The predicted molar refractivity (Wildman–Crippen MR) is 162 cm³/mol. The van der Waals surface area contributed by atoms with Crippen LogP contribution in [0.15, 0.2) is 0 Å². The van der Waals surface area contributed by atoms with Crippen LogP contribution in [0.2, 0.25) is 0 Å². The molecule has 0 aliphatic rings.